The summed E-state index contributed by atoms with van der Waals surface area (Å²) in [4.78, 5) is 11.0. The molecule has 0 heterocycles. The van der Waals surface area contributed by atoms with Crippen LogP contribution in [0.3, 0.4) is 0 Å². The molecule has 4 saturated carbocycles. The standard InChI is InChI=1S/C28H49NO/c1-19(2)7-6-8-20(3)24-11-12-25-23-10-9-21-17-22(29-18-30)13-15-27(21,4)26(23)14-16-28(24,25)5/h18-26H,6-17H2,1-5H3,(H,29,30)/t20-,21-,22-,23-,24+,25-,26-,27-,28+/m0/s1. The van der Waals surface area contributed by atoms with Crippen LogP contribution in [0.1, 0.15) is 112 Å². The molecular formula is C28H49NO. The normalized spacial score (nSPS) is 46.6. The second-order valence-electron chi connectivity index (χ2n) is 12.9. The first-order chi connectivity index (χ1) is 14.3. The van der Waals surface area contributed by atoms with Crippen LogP contribution in [0.15, 0.2) is 0 Å². The minimum Gasteiger partial charge on any atom is -0.356 e. The average molecular weight is 416 g/mol. The molecule has 1 amide bonds. The molecule has 0 saturated heterocycles. The molecule has 9 atom stereocenters. The molecule has 4 aliphatic rings. The molecule has 4 aliphatic carbocycles. The lowest BCUT2D eigenvalue weighted by Crippen LogP contribution is -2.55. The summed E-state index contributed by atoms with van der Waals surface area (Å²) in [5.41, 5.74) is 1.14. The average Bonchev–Trinajstić information content (AvgIpc) is 3.05. The van der Waals surface area contributed by atoms with Gasteiger partial charge in [0.15, 0.2) is 0 Å². The zero-order chi connectivity index (χ0) is 21.5. The largest absolute Gasteiger partial charge is 0.356 e. The Kier molecular flexibility index (Phi) is 6.63. The van der Waals surface area contributed by atoms with Gasteiger partial charge < -0.3 is 5.32 Å². The van der Waals surface area contributed by atoms with Crippen LogP contribution in [0.4, 0.5) is 0 Å². The molecule has 0 spiro atoms. The van der Waals surface area contributed by atoms with E-state index in [2.05, 4.69) is 39.9 Å². The van der Waals surface area contributed by atoms with Gasteiger partial charge >= 0.3 is 0 Å². The highest BCUT2D eigenvalue weighted by Crippen LogP contribution is 2.68. The predicted octanol–water partition coefficient (Wildman–Crippen LogP) is 7.22. The molecule has 0 aromatic carbocycles. The fourth-order valence-electron chi connectivity index (χ4n) is 9.53. The van der Waals surface area contributed by atoms with Gasteiger partial charge in [-0.25, -0.2) is 0 Å². The third-order valence-corrected chi connectivity index (χ3v) is 11.2. The first-order valence-corrected chi connectivity index (χ1v) is 13.5. The van der Waals surface area contributed by atoms with Crippen LogP contribution in [-0.4, -0.2) is 12.5 Å². The van der Waals surface area contributed by atoms with Crippen LogP contribution < -0.4 is 5.32 Å². The fraction of sp³-hybridized carbons (Fsp3) is 0.964. The number of amides is 1. The Morgan fingerprint density at radius 2 is 1.63 bits per heavy atom. The summed E-state index contributed by atoms with van der Waals surface area (Å²) < 4.78 is 0. The summed E-state index contributed by atoms with van der Waals surface area (Å²) in [7, 11) is 0. The monoisotopic (exact) mass is 415 g/mol. The number of carbonyl (C=O) groups excluding carboxylic acids is 1. The number of hydrogen-bond donors (Lipinski definition) is 1. The third kappa shape index (κ3) is 3.88. The van der Waals surface area contributed by atoms with Crippen molar-refractivity contribution in [2.24, 2.45) is 52.3 Å². The molecule has 0 aliphatic heterocycles. The molecule has 30 heavy (non-hydrogen) atoms. The van der Waals surface area contributed by atoms with E-state index in [1.807, 2.05) is 0 Å². The van der Waals surface area contributed by atoms with Crippen LogP contribution in [-0.2, 0) is 4.79 Å². The highest BCUT2D eigenvalue weighted by Gasteiger charge is 2.60. The molecule has 172 valence electrons. The number of nitrogens with one attached hydrogen (secondary N) is 1. The maximum absolute atomic E-state index is 11.0. The van der Waals surface area contributed by atoms with E-state index in [4.69, 9.17) is 0 Å². The van der Waals surface area contributed by atoms with Gasteiger partial charge in [0.1, 0.15) is 0 Å². The lowest BCUT2D eigenvalue weighted by molar-refractivity contribution is -0.122. The highest BCUT2D eigenvalue weighted by atomic mass is 16.1. The number of fused-ring (bicyclic) bond motifs is 5. The topological polar surface area (TPSA) is 29.1 Å². The third-order valence-electron chi connectivity index (χ3n) is 11.2. The molecule has 4 rings (SSSR count). The van der Waals surface area contributed by atoms with Crippen LogP contribution in [0.5, 0.6) is 0 Å². The summed E-state index contributed by atoms with van der Waals surface area (Å²) in [6, 6.07) is 0.438. The summed E-state index contributed by atoms with van der Waals surface area (Å²) in [5.74, 6) is 6.47. The Balaban J connectivity index is 1.44. The van der Waals surface area contributed by atoms with Gasteiger partial charge in [-0.05, 0) is 110 Å². The van der Waals surface area contributed by atoms with E-state index < -0.39 is 0 Å². The molecule has 2 nitrogen and oxygen atoms in total. The van der Waals surface area contributed by atoms with Gasteiger partial charge in [-0.1, -0.05) is 53.9 Å². The second kappa shape index (κ2) is 8.78. The van der Waals surface area contributed by atoms with E-state index in [0.717, 1.165) is 47.8 Å². The van der Waals surface area contributed by atoms with Crippen molar-refractivity contribution in [3.8, 4) is 0 Å². The fourth-order valence-corrected chi connectivity index (χ4v) is 9.53. The van der Waals surface area contributed by atoms with E-state index in [1.54, 1.807) is 0 Å². The van der Waals surface area contributed by atoms with Crippen molar-refractivity contribution < 1.29 is 4.79 Å². The highest BCUT2D eigenvalue weighted by molar-refractivity contribution is 5.46. The first-order valence-electron chi connectivity index (χ1n) is 13.5. The molecule has 1 N–H and O–H groups in total. The van der Waals surface area contributed by atoms with Gasteiger partial charge in [0.05, 0.1) is 0 Å². The Bertz CT molecular complexity index is 601. The molecule has 0 unspecified atom stereocenters. The first kappa shape index (κ1) is 22.7. The van der Waals surface area contributed by atoms with Gasteiger partial charge in [-0.15, -0.1) is 0 Å². The second-order valence-corrected chi connectivity index (χ2v) is 12.9. The summed E-state index contributed by atoms with van der Waals surface area (Å²) in [6.07, 6.45) is 17.8. The van der Waals surface area contributed by atoms with Crippen molar-refractivity contribution in [2.75, 3.05) is 0 Å². The molecule has 0 aromatic rings. The van der Waals surface area contributed by atoms with Gasteiger partial charge in [-0.3, -0.25) is 4.79 Å². The molecular weight excluding hydrogens is 366 g/mol. The van der Waals surface area contributed by atoms with Crippen molar-refractivity contribution in [3.63, 3.8) is 0 Å². The maximum atomic E-state index is 11.0. The van der Waals surface area contributed by atoms with E-state index in [9.17, 15) is 4.79 Å². The molecule has 0 bridgehead atoms. The van der Waals surface area contributed by atoms with Crippen LogP contribution in [0.25, 0.3) is 0 Å². The van der Waals surface area contributed by atoms with Crippen LogP contribution in [0, 0.1) is 52.3 Å². The van der Waals surface area contributed by atoms with Gasteiger partial charge in [0.2, 0.25) is 6.41 Å². The van der Waals surface area contributed by atoms with Crippen molar-refractivity contribution in [3.05, 3.63) is 0 Å². The zero-order valence-electron chi connectivity index (χ0n) is 20.6. The van der Waals surface area contributed by atoms with E-state index in [0.29, 0.717) is 16.9 Å². The van der Waals surface area contributed by atoms with E-state index in [-0.39, 0.29) is 0 Å². The molecule has 4 fully saturated rings. The summed E-state index contributed by atoms with van der Waals surface area (Å²) >= 11 is 0. The smallest absolute Gasteiger partial charge is 0.207 e. The zero-order valence-corrected chi connectivity index (χ0v) is 20.6. The van der Waals surface area contributed by atoms with Gasteiger partial charge in [-0.2, -0.15) is 0 Å². The Hall–Kier alpha value is -0.530. The quantitative estimate of drug-likeness (QED) is 0.437. The SMILES string of the molecule is CC(C)CCC[C@H](C)[C@H]1CC[C@H]2[C@@H]3CC[C@H]4C[C@@H](NC=O)CC[C@]4(C)[C@H]3CC[C@]12C. The number of hydrogen-bond acceptors (Lipinski definition) is 1. The van der Waals surface area contributed by atoms with Gasteiger partial charge in [0.25, 0.3) is 0 Å². The molecule has 0 radical (unpaired) electrons. The van der Waals surface area contributed by atoms with E-state index in [1.165, 1.54) is 77.0 Å². The summed E-state index contributed by atoms with van der Waals surface area (Å²) in [6.45, 7) is 12.7. The van der Waals surface area contributed by atoms with Crippen molar-refractivity contribution in [1.29, 1.82) is 0 Å². The Morgan fingerprint density at radius 1 is 0.900 bits per heavy atom. The minimum atomic E-state index is 0.438. The minimum absolute atomic E-state index is 0.438. The van der Waals surface area contributed by atoms with Crippen LogP contribution >= 0.6 is 0 Å². The number of rotatable bonds is 7. The lowest BCUT2D eigenvalue weighted by Gasteiger charge is -2.61. The number of carbonyl (C=O) groups is 1. The maximum Gasteiger partial charge on any atom is 0.207 e. The Labute approximate surface area is 186 Å². The van der Waals surface area contributed by atoms with Crippen molar-refractivity contribution >= 4 is 6.41 Å². The Morgan fingerprint density at radius 3 is 2.37 bits per heavy atom. The molecule has 2 heteroatoms. The van der Waals surface area contributed by atoms with Crippen molar-refractivity contribution in [1.82, 2.24) is 5.32 Å². The van der Waals surface area contributed by atoms with Crippen LogP contribution in [0.2, 0.25) is 0 Å². The van der Waals surface area contributed by atoms with Crippen molar-refractivity contribution in [2.45, 2.75) is 118 Å². The summed E-state index contributed by atoms with van der Waals surface area (Å²) in [5, 5.41) is 3.11. The lowest BCUT2D eigenvalue weighted by atomic mass is 9.44. The van der Waals surface area contributed by atoms with E-state index >= 15 is 0 Å². The van der Waals surface area contributed by atoms with Gasteiger partial charge in [0, 0.05) is 6.04 Å². The molecule has 0 aromatic heterocycles. The predicted molar refractivity (Wildman–Crippen MR) is 126 cm³/mol.